The number of hydrogen-bond acceptors (Lipinski definition) is 7. The zero-order valence-corrected chi connectivity index (χ0v) is 24.7. The van der Waals surface area contributed by atoms with Crippen molar-refractivity contribution in [3.63, 3.8) is 0 Å². The molecule has 0 bridgehead atoms. The molecule has 0 aliphatic carbocycles. The van der Waals surface area contributed by atoms with Crippen LogP contribution < -0.4 is 20.9 Å². The molecule has 1 saturated heterocycles. The molecule has 9 nitrogen and oxygen atoms in total. The molecule has 5 aromatic rings. The zero-order valence-electron chi connectivity index (χ0n) is 24.7. The summed E-state index contributed by atoms with van der Waals surface area (Å²) in [6, 6.07) is 32.4. The molecule has 3 heterocycles. The van der Waals surface area contributed by atoms with E-state index in [2.05, 4.69) is 61.2 Å². The quantitative estimate of drug-likeness (QED) is 0.214. The van der Waals surface area contributed by atoms with E-state index in [0.717, 1.165) is 54.1 Å². The van der Waals surface area contributed by atoms with E-state index in [4.69, 9.17) is 0 Å². The van der Waals surface area contributed by atoms with E-state index in [1.165, 1.54) is 12.0 Å². The molecule has 2 aliphatic rings. The highest BCUT2D eigenvalue weighted by Gasteiger charge is 2.37. The average Bonchev–Trinajstić information content (AvgIpc) is 3.42. The smallest absolute Gasteiger partial charge is 0.255 e. The maximum atomic E-state index is 13.9. The fraction of sp³-hybridized carbons (Fsp3) is 0.167. The third kappa shape index (κ3) is 6.11. The summed E-state index contributed by atoms with van der Waals surface area (Å²) in [6.07, 6.45) is 3.14. The number of nitrogens with one attached hydrogen (secondary N) is 3. The van der Waals surface area contributed by atoms with Gasteiger partial charge in [0.15, 0.2) is 0 Å². The Bertz CT molecular complexity index is 1790. The minimum atomic E-state index is -0.799. The van der Waals surface area contributed by atoms with Gasteiger partial charge in [0.05, 0.1) is 0 Å². The number of nitrogens with zero attached hydrogens (tertiary/aromatic N) is 4. The summed E-state index contributed by atoms with van der Waals surface area (Å²) in [6.45, 7) is 4.33. The SMILES string of the molecule is O=C(Nc1ccc(Nc2ccncn2)cc1)C(c1ccccc1)N1Cc2cc(-c3ccc(N4CCNCC4)cc3)ccc2C1=O. The number of carbonyl (C=O) groups is 2. The molecule has 224 valence electrons. The molecule has 45 heavy (non-hydrogen) atoms. The maximum Gasteiger partial charge on any atom is 0.255 e. The summed E-state index contributed by atoms with van der Waals surface area (Å²) < 4.78 is 0. The van der Waals surface area contributed by atoms with Gasteiger partial charge in [0.1, 0.15) is 18.2 Å². The summed E-state index contributed by atoms with van der Waals surface area (Å²) in [7, 11) is 0. The van der Waals surface area contributed by atoms with E-state index in [9.17, 15) is 9.59 Å². The standard InChI is InChI=1S/C36H33N7O2/c44-35(41-30-11-9-29(10-12-30)40-33-16-17-38-24-39-33)34(26-4-2-1-3-5-26)43-23-28-22-27(8-15-32(28)36(43)45)25-6-13-31(14-7-25)42-20-18-37-19-21-42/h1-17,22,24,34,37H,18-21,23H2,(H,41,44)(H,38,39,40). The molecule has 9 heteroatoms. The molecule has 1 aromatic heterocycles. The number of anilines is 4. The first-order valence-corrected chi connectivity index (χ1v) is 15.1. The number of benzene rings is 4. The van der Waals surface area contributed by atoms with Crippen LogP contribution in [0.5, 0.6) is 0 Å². The normalized spacial score (nSPS) is 15.0. The predicted octanol–water partition coefficient (Wildman–Crippen LogP) is 5.63. The highest BCUT2D eigenvalue weighted by Crippen LogP contribution is 2.35. The van der Waals surface area contributed by atoms with Crippen LogP contribution in [0.25, 0.3) is 11.1 Å². The van der Waals surface area contributed by atoms with Crippen molar-refractivity contribution in [2.45, 2.75) is 12.6 Å². The van der Waals surface area contributed by atoms with E-state index in [0.29, 0.717) is 23.6 Å². The Labute approximate surface area is 261 Å². The average molecular weight is 596 g/mol. The van der Waals surface area contributed by atoms with Crippen LogP contribution in [0.2, 0.25) is 0 Å². The number of rotatable bonds is 8. The van der Waals surface area contributed by atoms with Gasteiger partial charge >= 0.3 is 0 Å². The summed E-state index contributed by atoms with van der Waals surface area (Å²) in [5.41, 5.74) is 7.11. The molecular formula is C36H33N7O2. The largest absolute Gasteiger partial charge is 0.369 e. The van der Waals surface area contributed by atoms with Gasteiger partial charge < -0.3 is 25.8 Å². The fourth-order valence-corrected chi connectivity index (χ4v) is 5.99. The van der Waals surface area contributed by atoms with E-state index >= 15 is 0 Å². The Hall–Kier alpha value is -5.54. The monoisotopic (exact) mass is 595 g/mol. The molecule has 4 aromatic carbocycles. The molecule has 7 rings (SSSR count). The van der Waals surface area contributed by atoms with Crippen molar-refractivity contribution in [1.29, 1.82) is 0 Å². The van der Waals surface area contributed by atoms with Crippen LogP contribution in [0.1, 0.15) is 27.5 Å². The molecule has 0 spiro atoms. The van der Waals surface area contributed by atoms with Crippen LogP contribution in [0.4, 0.5) is 22.9 Å². The second-order valence-electron chi connectivity index (χ2n) is 11.2. The molecule has 2 aliphatic heterocycles. The van der Waals surface area contributed by atoms with Crippen LogP contribution in [0, 0.1) is 0 Å². The Balaban J connectivity index is 1.10. The lowest BCUT2D eigenvalue weighted by atomic mass is 10.00. The number of aromatic nitrogens is 2. The first-order valence-electron chi connectivity index (χ1n) is 15.1. The van der Waals surface area contributed by atoms with Gasteiger partial charge in [-0.1, -0.05) is 48.5 Å². The zero-order chi connectivity index (χ0) is 30.6. The van der Waals surface area contributed by atoms with Crippen molar-refractivity contribution in [3.05, 3.63) is 132 Å². The minimum absolute atomic E-state index is 0.154. The number of carbonyl (C=O) groups excluding carboxylic acids is 2. The molecule has 0 saturated carbocycles. The third-order valence-corrected chi connectivity index (χ3v) is 8.30. The number of piperazine rings is 1. The van der Waals surface area contributed by atoms with E-state index < -0.39 is 6.04 Å². The van der Waals surface area contributed by atoms with Crippen LogP contribution >= 0.6 is 0 Å². The molecule has 2 amide bonds. The van der Waals surface area contributed by atoms with E-state index in [-0.39, 0.29) is 11.8 Å². The topological polar surface area (TPSA) is 102 Å². The van der Waals surface area contributed by atoms with Crippen molar-refractivity contribution in [2.24, 2.45) is 0 Å². The minimum Gasteiger partial charge on any atom is -0.369 e. The third-order valence-electron chi connectivity index (χ3n) is 8.30. The van der Waals surface area contributed by atoms with Gasteiger partial charge in [0, 0.05) is 61.5 Å². The number of hydrogen-bond donors (Lipinski definition) is 3. The predicted molar refractivity (Wildman–Crippen MR) is 176 cm³/mol. The molecule has 3 N–H and O–H groups in total. The maximum absolute atomic E-state index is 13.9. The Morgan fingerprint density at radius 3 is 2.29 bits per heavy atom. The lowest BCUT2D eigenvalue weighted by Gasteiger charge is -2.29. The van der Waals surface area contributed by atoms with Crippen molar-refractivity contribution in [2.75, 3.05) is 41.7 Å². The highest BCUT2D eigenvalue weighted by molar-refractivity contribution is 6.04. The Kier molecular flexibility index (Phi) is 7.90. The van der Waals surface area contributed by atoms with Crippen molar-refractivity contribution >= 4 is 34.7 Å². The second-order valence-corrected chi connectivity index (χ2v) is 11.2. The van der Waals surface area contributed by atoms with E-state index in [1.54, 1.807) is 17.2 Å². The second kappa shape index (κ2) is 12.6. The van der Waals surface area contributed by atoms with Gasteiger partial charge in [-0.15, -0.1) is 0 Å². The first kappa shape index (κ1) is 28.2. The lowest BCUT2D eigenvalue weighted by Crippen LogP contribution is -2.43. The number of amides is 2. The molecular weight excluding hydrogens is 562 g/mol. The Morgan fingerprint density at radius 2 is 1.56 bits per heavy atom. The van der Waals surface area contributed by atoms with Gasteiger partial charge in [0.25, 0.3) is 11.8 Å². The van der Waals surface area contributed by atoms with Crippen LogP contribution in [-0.4, -0.2) is 52.9 Å². The van der Waals surface area contributed by atoms with Crippen LogP contribution in [0.15, 0.2) is 116 Å². The van der Waals surface area contributed by atoms with Gasteiger partial charge in [0.2, 0.25) is 0 Å². The highest BCUT2D eigenvalue weighted by atomic mass is 16.2. The van der Waals surface area contributed by atoms with Gasteiger partial charge in [-0.3, -0.25) is 9.59 Å². The molecule has 1 atom stereocenters. The summed E-state index contributed by atoms with van der Waals surface area (Å²) in [5.74, 6) is 0.245. The number of fused-ring (bicyclic) bond motifs is 1. The molecule has 0 radical (unpaired) electrons. The summed E-state index contributed by atoms with van der Waals surface area (Å²) in [5, 5.41) is 9.63. The summed E-state index contributed by atoms with van der Waals surface area (Å²) in [4.78, 5) is 39.8. The fourth-order valence-electron chi connectivity index (χ4n) is 5.99. The van der Waals surface area contributed by atoms with Gasteiger partial charge in [-0.25, -0.2) is 9.97 Å². The van der Waals surface area contributed by atoms with Crippen molar-refractivity contribution in [1.82, 2.24) is 20.2 Å². The van der Waals surface area contributed by atoms with Crippen LogP contribution in [0.3, 0.4) is 0 Å². The Morgan fingerprint density at radius 1 is 0.822 bits per heavy atom. The molecule has 1 fully saturated rings. The van der Waals surface area contributed by atoms with Crippen LogP contribution in [-0.2, 0) is 11.3 Å². The van der Waals surface area contributed by atoms with Crippen molar-refractivity contribution < 1.29 is 9.59 Å². The lowest BCUT2D eigenvalue weighted by molar-refractivity contribution is -0.120. The first-order chi connectivity index (χ1) is 22.1. The summed E-state index contributed by atoms with van der Waals surface area (Å²) >= 11 is 0. The van der Waals surface area contributed by atoms with Gasteiger partial charge in [-0.05, 0) is 76.9 Å². The molecule has 1 unspecified atom stereocenters. The van der Waals surface area contributed by atoms with Crippen molar-refractivity contribution in [3.8, 4) is 11.1 Å². The van der Waals surface area contributed by atoms with E-state index in [1.807, 2.05) is 66.7 Å². The van der Waals surface area contributed by atoms with Gasteiger partial charge in [-0.2, -0.15) is 0 Å².